The fourth-order valence-electron chi connectivity index (χ4n) is 1.55. The van der Waals surface area contributed by atoms with Crippen LogP contribution in [0.5, 0.6) is 0 Å². The number of carbonyl (C=O) groups excluding carboxylic acids is 1. The lowest BCUT2D eigenvalue weighted by Gasteiger charge is -2.06. The van der Waals surface area contributed by atoms with E-state index < -0.39 is 17.9 Å². The Kier molecular flexibility index (Phi) is 4.05. The number of nitrogens with one attached hydrogen (secondary N) is 1. The van der Waals surface area contributed by atoms with Crippen LogP contribution in [-0.4, -0.2) is 26.8 Å². The van der Waals surface area contributed by atoms with Crippen LogP contribution in [0.25, 0.3) is 0 Å². The number of halogens is 1. The van der Waals surface area contributed by atoms with E-state index in [2.05, 4.69) is 10.4 Å². The van der Waals surface area contributed by atoms with Crippen LogP contribution in [0.15, 0.2) is 36.5 Å². The molecule has 0 saturated heterocycles. The second kappa shape index (κ2) is 5.75. The second-order valence-corrected chi connectivity index (χ2v) is 4.60. The number of rotatable bonds is 4. The average Bonchev–Trinajstić information content (AvgIpc) is 2.87. The minimum atomic E-state index is -1.02. The van der Waals surface area contributed by atoms with Gasteiger partial charge in [0.25, 0.3) is 5.91 Å². The highest BCUT2D eigenvalue weighted by molar-refractivity contribution is 6.30. The molecule has 1 unspecified atom stereocenters. The van der Waals surface area contributed by atoms with Crippen LogP contribution in [0, 0.1) is 0 Å². The first-order valence-electron chi connectivity index (χ1n) is 5.82. The number of aromatic nitrogens is 2. The highest BCUT2D eigenvalue weighted by atomic mass is 35.5. The Hall–Kier alpha value is -2.34. The molecule has 1 amide bonds. The summed E-state index contributed by atoms with van der Waals surface area (Å²) < 4.78 is 1.22. The standard InChI is InChI=1S/C13H12ClN3O3/c1-8(13(19)20)17-6-5-11(16-17)12(18)15-10-4-2-3-9(14)7-10/h2-8H,1H3,(H,15,18)(H,19,20). The number of hydrogen-bond donors (Lipinski definition) is 2. The fourth-order valence-corrected chi connectivity index (χ4v) is 1.74. The van der Waals surface area contributed by atoms with Gasteiger partial charge in [-0.2, -0.15) is 5.10 Å². The molecule has 1 aromatic heterocycles. The summed E-state index contributed by atoms with van der Waals surface area (Å²) in [7, 11) is 0. The van der Waals surface area contributed by atoms with Gasteiger partial charge in [0, 0.05) is 16.9 Å². The maximum atomic E-state index is 12.0. The summed E-state index contributed by atoms with van der Waals surface area (Å²) in [5.74, 6) is -1.45. The van der Waals surface area contributed by atoms with Gasteiger partial charge in [0.05, 0.1) is 0 Å². The molecule has 0 bridgehead atoms. The molecule has 20 heavy (non-hydrogen) atoms. The summed E-state index contributed by atoms with van der Waals surface area (Å²) in [6.45, 7) is 1.48. The van der Waals surface area contributed by atoms with Crippen molar-refractivity contribution < 1.29 is 14.7 Å². The van der Waals surface area contributed by atoms with Crippen molar-refractivity contribution in [2.45, 2.75) is 13.0 Å². The molecule has 104 valence electrons. The maximum Gasteiger partial charge on any atom is 0.328 e. The molecule has 0 aliphatic carbocycles. The molecule has 1 heterocycles. The number of carbonyl (C=O) groups is 2. The zero-order valence-electron chi connectivity index (χ0n) is 10.6. The molecule has 0 saturated carbocycles. The Morgan fingerprint density at radius 2 is 2.15 bits per heavy atom. The zero-order valence-corrected chi connectivity index (χ0v) is 11.3. The lowest BCUT2D eigenvalue weighted by Crippen LogP contribution is -2.18. The first-order chi connectivity index (χ1) is 9.47. The number of benzene rings is 1. The average molecular weight is 294 g/mol. The van der Waals surface area contributed by atoms with Crippen LogP contribution in [0.4, 0.5) is 5.69 Å². The Balaban J connectivity index is 2.12. The molecule has 6 nitrogen and oxygen atoms in total. The Bertz CT molecular complexity index is 654. The van der Waals surface area contributed by atoms with E-state index in [9.17, 15) is 9.59 Å². The smallest absolute Gasteiger partial charge is 0.328 e. The van der Waals surface area contributed by atoms with Crippen LogP contribution in [-0.2, 0) is 4.79 Å². The molecule has 2 N–H and O–H groups in total. The minimum Gasteiger partial charge on any atom is -0.480 e. The minimum absolute atomic E-state index is 0.137. The van der Waals surface area contributed by atoms with Crippen LogP contribution in [0.3, 0.4) is 0 Å². The van der Waals surface area contributed by atoms with Gasteiger partial charge in [-0.3, -0.25) is 9.48 Å². The van der Waals surface area contributed by atoms with E-state index in [1.165, 1.54) is 23.9 Å². The van der Waals surface area contributed by atoms with Crippen LogP contribution in [0.1, 0.15) is 23.5 Å². The van der Waals surface area contributed by atoms with Gasteiger partial charge in [0.2, 0.25) is 0 Å². The largest absolute Gasteiger partial charge is 0.480 e. The number of anilines is 1. The zero-order chi connectivity index (χ0) is 14.7. The number of aliphatic carboxylic acids is 1. The van der Waals surface area contributed by atoms with Gasteiger partial charge >= 0.3 is 5.97 Å². The quantitative estimate of drug-likeness (QED) is 0.907. The van der Waals surface area contributed by atoms with Crippen molar-refractivity contribution in [3.8, 4) is 0 Å². The molecular weight excluding hydrogens is 282 g/mol. The third kappa shape index (κ3) is 3.16. The van der Waals surface area contributed by atoms with Gasteiger partial charge in [-0.25, -0.2) is 4.79 Å². The highest BCUT2D eigenvalue weighted by Crippen LogP contribution is 2.16. The van der Waals surface area contributed by atoms with E-state index in [0.29, 0.717) is 10.7 Å². The van der Waals surface area contributed by atoms with Crippen molar-refractivity contribution in [2.75, 3.05) is 5.32 Å². The van der Waals surface area contributed by atoms with Crippen molar-refractivity contribution in [3.05, 3.63) is 47.2 Å². The van der Waals surface area contributed by atoms with Crippen molar-refractivity contribution in [1.82, 2.24) is 9.78 Å². The summed E-state index contributed by atoms with van der Waals surface area (Å²) in [5.41, 5.74) is 0.682. The third-order valence-corrected chi connectivity index (χ3v) is 2.91. The van der Waals surface area contributed by atoms with Gasteiger partial charge in [0.15, 0.2) is 5.69 Å². The molecule has 0 fully saturated rings. The van der Waals surface area contributed by atoms with E-state index in [4.69, 9.17) is 16.7 Å². The van der Waals surface area contributed by atoms with Crippen LogP contribution >= 0.6 is 11.6 Å². The van der Waals surface area contributed by atoms with Crippen LogP contribution in [0.2, 0.25) is 5.02 Å². The van der Waals surface area contributed by atoms with Crippen molar-refractivity contribution >= 4 is 29.2 Å². The summed E-state index contributed by atoms with van der Waals surface area (Å²) in [5, 5.41) is 16.0. The van der Waals surface area contributed by atoms with Gasteiger partial charge in [-0.05, 0) is 31.2 Å². The SMILES string of the molecule is CC(C(=O)O)n1ccc(C(=O)Nc2cccc(Cl)c2)n1. The molecule has 0 spiro atoms. The van der Waals surface area contributed by atoms with E-state index in [1.54, 1.807) is 24.3 Å². The van der Waals surface area contributed by atoms with Crippen molar-refractivity contribution in [3.63, 3.8) is 0 Å². The molecule has 7 heteroatoms. The van der Waals surface area contributed by atoms with E-state index >= 15 is 0 Å². The number of amides is 1. The van der Waals surface area contributed by atoms with Crippen molar-refractivity contribution in [2.24, 2.45) is 0 Å². The van der Waals surface area contributed by atoms with Crippen molar-refractivity contribution in [1.29, 1.82) is 0 Å². The molecule has 2 aromatic rings. The van der Waals surface area contributed by atoms with E-state index in [-0.39, 0.29) is 5.69 Å². The van der Waals surface area contributed by atoms with Gasteiger partial charge in [-0.15, -0.1) is 0 Å². The van der Waals surface area contributed by atoms with E-state index in [0.717, 1.165) is 0 Å². The summed E-state index contributed by atoms with van der Waals surface area (Å²) in [4.78, 5) is 22.8. The predicted molar refractivity (Wildman–Crippen MR) is 74.0 cm³/mol. The summed E-state index contributed by atoms with van der Waals surface area (Å²) in [6.07, 6.45) is 1.45. The fraction of sp³-hybridized carbons (Fsp3) is 0.154. The molecule has 0 aliphatic rings. The number of carboxylic acid groups (broad SMARTS) is 1. The van der Waals surface area contributed by atoms with E-state index in [1.807, 2.05) is 0 Å². The first kappa shape index (κ1) is 14.1. The number of nitrogens with zero attached hydrogens (tertiary/aromatic N) is 2. The number of hydrogen-bond acceptors (Lipinski definition) is 3. The number of carboxylic acids is 1. The molecule has 0 aliphatic heterocycles. The molecule has 1 aromatic carbocycles. The first-order valence-corrected chi connectivity index (χ1v) is 6.20. The van der Waals surface area contributed by atoms with Gasteiger partial charge in [-0.1, -0.05) is 17.7 Å². The Morgan fingerprint density at radius 3 is 2.80 bits per heavy atom. The predicted octanol–water partition coefficient (Wildman–Crippen LogP) is 2.43. The molecule has 1 atom stereocenters. The molecule has 0 radical (unpaired) electrons. The Morgan fingerprint density at radius 1 is 1.40 bits per heavy atom. The summed E-state index contributed by atoms with van der Waals surface area (Å²) in [6, 6.07) is 7.34. The van der Waals surface area contributed by atoms with Gasteiger partial charge < -0.3 is 10.4 Å². The lowest BCUT2D eigenvalue weighted by molar-refractivity contribution is -0.140. The topological polar surface area (TPSA) is 84.2 Å². The van der Waals surface area contributed by atoms with Crippen LogP contribution < -0.4 is 5.32 Å². The molecule has 2 rings (SSSR count). The van der Waals surface area contributed by atoms with Gasteiger partial charge in [0.1, 0.15) is 6.04 Å². The highest BCUT2D eigenvalue weighted by Gasteiger charge is 2.16. The normalized spacial score (nSPS) is 11.9. The second-order valence-electron chi connectivity index (χ2n) is 4.16. The lowest BCUT2D eigenvalue weighted by atomic mass is 10.3. The summed E-state index contributed by atoms with van der Waals surface area (Å²) >= 11 is 5.82. The Labute approximate surface area is 120 Å². The molecular formula is C13H12ClN3O3. The monoisotopic (exact) mass is 293 g/mol. The maximum absolute atomic E-state index is 12.0. The third-order valence-electron chi connectivity index (χ3n) is 2.68.